The van der Waals surface area contributed by atoms with Crippen LogP contribution in [-0.2, 0) is 22.6 Å². The third-order valence-electron chi connectivity index (χ3n) is 5.51. The van der Waals surface area contributed by atoms with Crippen molar-refractivity contribution in [2.45, 2.75) is 49.4 Å². The highest BCUT2D eigenvalue weighted by atomic mass is 32.2. The Balaban J connectivity index is 1.58. The van der Waals surface area contributed by atoms with Crippen LogP contribution in [0.5, 0.6) is 0 Å². The van der Waals surface area contributed by atoms with E-state index in [4.69, 9.17) is 9.72 Å². The van der Waals surface area contributed by atoms with Crippen LogP contribution >= 0.6 is 11.8 Å². The van der Waals surface area contributed by atoms with E-state index in [0.717, 1.165) is 25.0 Å². The molecule has 3 aromatic rings. The Morgan fingerprint density at radius 2 is 1.97 bits per heavy atom. The molecule has 2 aromatic carbocycles. The Bertz CT molecular complexity index is 1110. The molecule has 4 rings (SSSR count). The number of nitrogens with zero attached hydrogens (tertiary/aromatic N) is 3. The van der Waals surface area contributed by atoms with Crippen molar-refractivity contribution in [3.05, 3.63) is 70.5 Å². The van der Waals surface area contributed by atoms with Crippen molar-refractivity contribution in [1.82, 2.24) is 14.5 Å². The highest BCUT2D eigenvalue weighted by Gasteiger charge is 2.24. The molecule has 6 nitrogen and oxygen atoms in total. The zero-order valence-corrected chi connectivity index (χ0v) is 18.7. The molecule has 1 aliphatic rings. The van der Waals surface area contributed by atoms with Gasteiger partial charge in [-0.05, 0) is 37.5 Å². The van der Waals surface area contributed by atoms with Gasteiger partial charge < -0.3 is 9.64 Å². The fourth-order valence-corrected chi connectivity index (χ4v) is 4.88. The molecule has 1 amide bonds. The molecule has 1 aromatic heterocycles. The summed E-state index contributed by atoms with van der Waals surface area (Å²) >= 11 is 1.33. The lowest BCUT2D eigenvalue weighted by Gasteiger charge is -2.22. The van der Waals surface area contributed by atoms with E-state index < -0.39 is 0 Å². The van der Waals surface area contributed by atoms with E-state index in [1.807, 2.05) is 55.5 Å². The van der Waals surface area contributed by atoms with E-state index in [9.17, 15) is 9.59 Å². The molecule has 0 N–H and O–H groups in total. The summed E-state index contributed by atoms with van der Waals surface area (Å²) in [5.74, 6) is -0.0000676. The minimum absolute atomic E-state index is 0.0000676. The average Bonchev–Trinajstić information content (AvgIpc) is 3.30. The molecule has 2 heterocycles. The second kappa shape index (κ2) is 9.66. The Morgan fingerprint density at radius 1 is 1.23 bits per heavy atom. The maximum absolute atomic E-state index is 13.2. The Hall–Kier alpha value is -2.64. The summed E-state index contributed by atoms with van der Waals surface area (Å²) in [6.45, 7) is 3.59. The van der Waals surface area contributed by atoms with Crippen molar-refractivity contribution in [3.8, 4) is 0 Å². The van der Waals surface area contributed by atoms with Crippen molar-refractivity contribution < 1.29 is 9.53 Å². The Morgan fingerprint density at radius 3 is 2.71 bits per heavy atom. The Labute approximate surface area is 186 Å². The molecule has 2 atom stereocenters. The van der Waals surface area contributed by atoms with Crippen molar-refractivity contribution in [2.75, 3.05) is 13.7 Å². The van der Waals surface area contributed by atoms with Gasteiger partial charge in [-0.3, -0.25) is 14.2 Å². The first-order valence-electron chi connectivity index (χ1n) is 10.6. The number of thioether (sulfide) groups is 1. The lowest BCUT2D eigenvalue weighted by atomic mass is 10.2. The molecule has 162 valence electrons. The predicted molar refractivity (Wildman–Crippen MR) is 123 cm³/mol. The molecule has 0 bridgehead atoms. The smallest absolute Gasteiger partial charge is 0.262 e. The highest BCUT2D eigenvalue weighted by Crippen LogP contribution is 2.25. The van der Waals surface area contributed by atoms with Crippen LogP contribution in [0.1, 0.15) is 25.3 Å². The third-order valence-corrected chi connectivity index (χ3v) is 6.58. The second-order valence-corrected chi connectivity index (χ2v) is 9.21. The van der Waals surface area contributed by atoms with E-state index in [1.54, 1.807) is 22.6 Å². The number of para-hydroxylation sites is 1. The minimum atomic E-state index is -0.377. The van der Waals surface area contributed by atoms with E-state index >= 15 is 0 Å². The molecule has 0 aliphatic carbocycles. The zero-order valence-electron chi connectivity index (χ0n) is 17.9. The number of amides is 1. The summed E-state index contributed by atoms with van der Waals surface area (Å²) in [5, 5.41) is 0.774. The first-order chi connectivity index (χ1) is 15.0. The van der Waals surface area contributed by atoms with Crippen molar-refractivity contribution in [3.63, 3.8) is 0 Å². The summed E-state index contributed by atoms with van der Waals surface area (Å²) in [6.07, 6.45) is 1.94. The number of carbonyl (C=O) groups is 1. The summed E-state index contributed by atoms with van der Waals surface area (Å²) in [4.78, 5) is 32.7. The van der Waals surface area contributed by atoms with Crippen molar-refractivity contribution in [2.24, 2.45) is 0 Å². The lowest BCUT2D eigenvalue weighted by molar-refractivity contribution is -0.129. The van der Waals surface area contributed by atoms with Crippen LogP contribution in [0.2, 0.25) is 0 Å². The maximum atomic E-state index is 13.2. The van der Waals surface area contributed by atoms with E-state index in [2.05, 4.69) is 0 Å². The normalized spacial score (nSPS) is 17.0. The number of hydrogen-bond acceptors (Lipinski definition) is 5. The summed E-state index contributed by atoms with van der Waals surface area (Å²) in [6, 6.07) is 17.3. The summed E-state index contributed by atoms with van der Waals surface area (Å²) < 4.78 is 7.45. The first-order valence-corrected chi connectivity index (χ1v) is 11.5. The molecule has 1 saturated heterocycles. The quantitative estimate of drug-likeness (QED) is 0.416. The van der Waals surface area contributed by atoms with Crippen molar-refractivity contribution in [1.29, 1.82) is 0 Å². The molecule has 0 spiro atoms. The molecule has 1 fully saturated rings. The van der Waals surface area contributed by atoms with E-state index in [1.165, 1.54) is 11.8 Å². The second-order valence-electron chi connectivity index (χ2n) is 7.90. The van der Waals surface area contributed by atoms with Crippen LogP contribution in [-0.4, -0.2) is 45.4 Å². The molecule has 7 heteroatoms. The van der Waals surface area contributed by atoms with Gasteiger partial charge in [0.2, 0.25) is 5.91 Å². The van der Waals surface area contributed by atoms with E-state index in [-0.39, 0.29) is 22.8 Å². The molecular formula is C24H27N3O3S. The van der Waals surface area contributed by atoms with Gasteiger partial charge in [0.1, 0.15) is 0 Å². The number of ether oxygens (including phenoxy) is 1. The minimum Gasteiger partial charge on any atom is -0.376 e. The van der Waals surface area contributed by atoms with Gasteiger partial charge in [-0.1, -0.05) is 54.2 Å². The average molecular weight is 438 g/mol. The molecule has 0 saturated carbocycles. The van der Waals surface area contributed by atoms with Gasteiger partial charge in [-0.25, -0.2) is 4.98 Å². The zero-order chi connectivity index (χ0) is 21.8. The predicted octanol–water partition coefficient (Wildman–Crippen LogP) is 3.71. The van der Waals surface area contributed by atoms with Crippen LogP contribution in [0.25, 0.3) is 10.9 Å². The number of benzene rings is 2. The van der Waals surface area contributed by atoms with E-state index in [0.29, 0.717) is 29.1 Å². The van der Waals surface area contributed by atoms with Gasteiger partial charge in [0.05, 0.1) is 28.8 Å². The van der Waals surface area contributed by atoms with Crippen LogP contribution in [0, 0.1) is 0 Å². The third kappa shape index (κ3) is 4.99. The topological polar surface area (TPSA) is 64.4 Å². The Kier molecular flexibility index (Phi) is 6.73. The number of aromatic nitrogens is 2. The SMILES string of the molecule is C[C@@H](Sc1nc2ccccc2c(=O)n1C[C@H]1CCCO1)C(=O)N(C)Cc1ccccc1. The fraction of sp³-hybridized carbons (Fsp3) is 0.375. The van der Waals surface area contributed by atoms with Crippen LogP contribution in [0.15, 0.2) is 64.5 Å². The molecule has 31 heavy (non-hydrogen) atoms. The lowest BCUT2D eigenvalue weighted by Crippen LogP contribution is -2.34. The summed E-state index contributed by atoms with van der Waals surface area (Å²) in [5.41, 5.74) is 1.64. The number of fused-ring (bicyclic) bond motifs is 1. The highest BCUT2D eigenvalue weighted by molar-refractivity contribution is 8.00. The van der Waals surface area contributed by atoms with Crippen molar-refractivity contribution >= 4 is 28.6 Å². The monoisotopic (exact) mass is 437 g/mol. The number of carbonyl (C=O) groups excluding carboxylic acids is 1. The van der Waals surface area contributed by atoms with Gasteiger partial charge in [0.15, 0.2) is 5.16 Å². The molecule has 0 radical (unpaired) electrons. The molecule has 1 aliphatic heterocycles. The van der Waals surface area contributed by atoms with Crippen LogP contribution in [0.4, 0.5) is 0 Å². The number of hydrogen-bond donors (Lipinski definition) is 0. The van der Waals surface area contributed by atoms with Gasteiger partial charge in [0, 0.05) is 20.2 Å². The molecule has 0 unspecified atom stereocenters. The van der Waals surface area contributed by atoms with Gasteiger partial charge in [0.25, 0.3) is 5.56 Å². The van der Waals surface area contributed by atoms with Gasteiger partial charge in [-0.15, -0.1) is 0 Å². The number of rotatable bonds is 7. The standard InChI is InChI=1S/C24H27N3O3S/c1-17(22(28)26(2)15-18-9-4-3-5-10-18)31-24-25-21-13-7-6-12-20(21)23(29)27(24)16-19-11-8-14-30-19/h3-7,9-10,12-13,17,19H,8,11,14-16H2,1-2H3/t17-,19-/m1/s1. The van der Waals surface area contributed by atoms with Gasteiger partial charge in [-0.2, -0.15) is 0 Å². The maximum Gasteiger partial charge on any atom is 0.262 e. The van der Waals surface area contributed by atoms with Gasteiger partial charge >= 0.3 is 0 Å². The van der Waals surface area contributed by atoms with Crippen LogP contribution < -0.4 is 5.56 Å². The summed E-state index contributed by atoms with van der Waals surface area (Å²) in [7, 11) is 1.81. The fourth-order valence-electron chi connectivity index (χ4n) is 3.84. The molecular weight excluding hydrogens is 410 g/mol. The van der Waals surface area contributed by atoms with Crippen LogP contribution in [0.3, 0.4) is 0 Å². The largest absolute Gasteiger partial charge is 0.376 e. The first kappa shape index (κ1) is 21.6.